The van der Waals surface area contributed by atoms with Gasteiger partial charge in [-0.05, 0) is 32.8 Å². The van der Waals surface area contributed by atoms with Crippen LogP contribution >= 0.6 is 11.3 Å². The molecule has 5 nitrogen and oxygen atoms in total. The fourth-order valence-electron chi connectivity index (χ4n) is 1.93. The van der Waals surface area contributed by atoms with Crippen LogP contribution in [0, 0.1) is 0 Å². The molecule has 0 N–H and O–H groups in total. The molecule has 0 amide bonds. The molecule has 2 aromatic rings. The van der Waals surface area contributed by atoms with E-state index in [2.05, 4.69) is 4.98 Å². The van der Waals surface area contributed by atoms with Crippen molar-refractivity contribution in [3.8, 4) is 0 Å². The molecule has 0 unspecified atom stereocenters. The van der Waals surface area contributed by atoms with Crippen LogP contribution in [0.4, 0.5) is 0 Å². The van der Waals surface area contributed by atoms with Crippen molar-refractivity contribution in [2.24, 2.45) is 0 Å². The predicted molar refractivity (Wildman–Crippen MR) is 83.8 cm³/mol. The Balaban J connectivity index is 2.35. The first-order chi connectivity index (χ1) is 9.97. The number of aromatic nitrogens is 2. The molecule has 21 heavy (non-hydrogen) atoms. The third-order valence-corrected chi connectivity index (χ3v) is 4.71. The van der Waals surface area contributed by atoms with E-state index in [0.717, 1.165) is 22.5 Å². The van der Waals surface area contributed by atoms with Gasteiger partial charge in [-0.25, -0.2) is 9.78 Å². The van der Waals surface area contributed by atoms with Crippen LogP contribution in [0.3, 0.4) is 0 Å². The Morgan fingerprint density at radius 2 is 2.14 bits per heavy atom. The van der Waals surface area contributed by atoms with Crippen molar-refractivity contribution in [1.82, 2.24) is 9.55 Å². The van der Waals surface area contributed by atoms with E-state index >= 15 is 0 Å². The van der Waals surface area contributed by atoms with E-state index in [0.29, 0.717) is 5.39 Å². The molecule has 0 saturated carbocycles. The zero-order valence-corrected chi connectivity index (χ0v) is 13.6. The SMILES string of the molecule is CCc1cc2c(=O)n([C@@H](C)C(=O)O[C@@H](C)CC)cnc2s1. The topological polar surface area (TPSA) is 61.2 Å². The van der Waals surface area contributed by atoms with Gasteiger partial charge in [0.25, 0.3) is 5.56 Å². The Hall–Kier alpha value is -1.69. The fourth-order valence-corrected chi connectivity index (χ4v) is 2.86. The summed E-state index contributed by atoms with van der Waals surface area (Å²) in [5.74, 6) is -0.404. The van der Waals surface area contributed by atoms with E-state index in [4.69, 9.17) is 4.74 Å². The molecule has 2 heterocycles. The highest BCUT2D eigenvalue weighted by atomic mass is 32.1. The summed E-state index contributed by atoms with van der Waals surface area (Å²) in [6.45, 7) is 7.48. The Bertz CT molecular complexity index is 704. The molecule has 6 heteroatoms. The van der Waals surface area contributed by atoms with E-state index < -0.39 is 12.0 Å². The van der Waals surface area contributed by atoms with Crippen LogP contribution in [-0.2, 0) is 16.0 Å². The first-order valence-corrected chi connectivity index (χ1v) is 7.99. The van der Waals surface area contributed by atoms with Crippen molar-refractivity contribution in [3.63, 3.8) is 0 Å². The number of aryl methyl sites for hydroxylation is 1. The smallest absolute Gasteiger partial charge is 0.329 e. The van der Waals surface area contributed by atoms with E-state index in [9.17, 15) is 9.59 Å². The Kier molecular flexibility index (Phi) is 4.77. The van der Waals surface area contributed by atoms with Gasteiger partial charge in [-0.2, -0.15) is 0 Å². The van der Waals surface area contributed by atoms with E-state index in [1.807, 2.05) is 26.8 Å². The Morgan fingerprint density at radius 3 is 2.76 bits per heavy atom. The highest BCUT2D eigenvalue weighted by Crippen LogP contribution is 2.21. The van der Waals surface area contributed by atoms with Gasteiger partial charge in [0.1, 0.15) is 10.9 Å². The minimum Gasteiger partial charge on any atom is -0.461 e. The van der Waals surface area contributed by atoms with Gasteiger partial charge in [0.05, 0.1) is 17.8 Å². The number of fused-ring (bicyclic) bond motifs is 1. The maximum atomic E-state index is 12.5. The average molecular weight is 308 g/mol. The van der Waals surface area contributed by atoms with Gasteiger partial charge in [0, 0.05) is 4.88 Å². The molecule has 0 aliphatic rings. The summed E-state index contributed by atoms with van der Waals surface area (Å²) in [7, 11) is 0. The molecule has 0 saturated heterocycles. The quantitative estimate of drug-likeness (QED) is 0.797. The molecule has 0 fully saturated rings. The van der Waals surface area contributed by atoms with Gasteiger partial charge >= 0.3 is 5.97 Å². The van der Waals surface area contributed by atoms with Crippen molar-refractivity contribution in [2.75, 3.05) is 0 Å². The summed E-state index contributed by atoms with van der Waals surface area (Å²) in [5.41, 5.74) is -0.190. The molecule has 0 aliphatic carbocycles. The lowest BCUT2D eigenvalue weighted by molar-refractivity contribution is -0.152. The molecule has 2 rings (SSSR count). The van der Waals surface area contributed by atoms with Crippen LogP contribution in [0.2, 0.25) is 0 Å². The molecule has 0 spiro atoms. The lowest BCUT2D eigenvalue weighted by Gasteiger charge is -2.17. The van der Waals surface area contributed by atoms with Crippen LogP contribution in [0.25, 0.3) is 10.2 Å². The first-order valence-electron chi connectivity index (χ1n) is 7.17. The summed E-state index contributed by atoms with van der Waals surface area (Å²) in [6.07, 6.45) is 2.89. The summed E-state index contributed by atoms with van der Waals surface area (Å²) in [4.78, 5) is 30.7. The number of esters is 1. The summed E-state index contributed by atoms with van der Waals surface area (Å²) in [6, 6.07) is 1.19. The highest BCUT2D eigenvalue weighted by molar-refractivity contribution is 7.18. The van der Waals surface area contributed by atoms with Gasteiger partial charge in [-0.15, -0.1) is 11.3 Å². The number of carbonyl (C=O) groups is 1. The maximum absolute atomic E-state index is 12.5. The number of hydrogen-bond acceptors (Lipinski definition) is 5. The van der Waals surface area contributed by atoms with E-state index in [1.54, 1.807) is 6.92 Å². The normalized spacial score (nSPS) is 14.1. The molecular weight excluding hydrogens is 288 g/mol. The van der Waals surface area contributed by atoms with Crippen LogP contribution in [0.1, 0.15) is 45.0 Å². The zero-order chi connectivity index (χ0) is 15.6. The lowest BCUT2D eigenvalue weighted by Crippen LogP contribution is -2.30. The third-order valence-electron chi connectivity index (χ3n) is 3.53. The van der Waals surface area contributed by atoms with Crippen molar-refractivity contribution in [3.05, 3.63) is 27.6 Å². The second-order valence-corrected chi connectivity index (χ2v) is 6.19. The van der Waals surface area contributed by atoms with Gasteiger partial charge in [0.15, 0.2) is 0 Å². The van der Waals surface area contributed by atoms with Crippen LogP contribution in [-0.4, -0.2) is 21.6 Å². The van der Waals surface area contributed by atoms with Gasteiger partial charge in [-0.3, -0.25) is 9.36 Å². The number of nitrogens with zero attached hydrogens (tertiary/aromatic N) is 2. The molecule has 2 atom stereocenters. The fraction of sp³-hybridized carbons (Fsp3) is 0.533. The van der Waals surface area contributed by atoms with Gasteiger partial charge in [-0.1, -0.05) is 13.8 Å². The highest BCUT2D eigenvalue weighted by Gasteiger charge is 2.21. The predicted octanol–water partition coefficient (Wildman–Crippen LogP) is 2.92. The first kappa shape index (κ1) is 15.7. The minimum atomic E-state index is -0.673. The number of thiophene rings is 1. The summed E-state index contributed by atoms with van der Waals surface area (Å²) in [5, 5.41) is 0.572. The molecule has 2 aromatic heterocycles. The second kappa shape index (κ2) is 6.39. The summed E-state index contributed by atoms with van der Waals surface area (Å²) >= 11 is 1.51. The van der Waals surface area contributed by atoms with Gasteiger partial charge < -0.3 is 4.74 Å². The largest absolute Gasteiger partial charge is 0.461 e. The standard InChI is InChI=1S/C15H20N2O3S/c1-5-9(3)20-15(19)10(4)17-8-16-13-12(14(17)18)7-11(6-2)21-13/h7-10H,5-6H2,1-4H3/t9-,10-/m0/s1. The van der Waals surface area contributed by atoms with Crippen molar-refractivity contribution >= 4 is 27.5 Å². The molecular formula is C15H20N2O3S. The number of ether oxygens (including phenoxy) is 1. The zero-order valence-electron chi connectivity index (χ0n) is 12.8. The monoisotopic (exact) mass is 308 g/mol. The van der Waals surface area contributed by atoms with Crippen LogP contribution < -0.4 is 5.56 Å². The molecule has 0 aliphatic heterocycles. The number of carbonyl (C=O) groups excluding carboxylic acids is 1. The average Bonchev–Trinajstić information content (AvgIpc) is 2.91. The van der Waals surface area contributed by atoms with Crippen molar-refractivity contribution in [1.29, 1.82) is 0 Å². The Morgan fingerprint density at radius 1 is 1.43 bits per heavy atom. The molecule has 0 aromatic carbocycles. The molecule has 0 bridgehead atoms. The van der Waals surface area contributed by atoms with Crippen molar-refractivity contribution < 1.29 is 9.53 Å². The lowest BCUT2D eigenvalue weighted by atomic mass is 10.3. The molecule has 114 valence electrons. The number of rotatable bonds is 5. The minimum absolute atomic E-state index is 0.153. The van der Waals surface area contributed by atoms with Crippen LogP contribution in [0.5, 0.6) is 0 Å². The van der Waals surface area contributed by atoms with Crippen LogP contribution in [0.15, 0.2) is 17.2 Å². The summed E-state index contributed by atoms with van der Waals surface area (Å²) < 4.78 is 6.63. The number of hydrogen-bond donors (Lipinski definition) is 0. The second-order valence-electron chi connectivity index (χ2n) is 5.07. The maximum Gasteiger partial charge on any atom is 0.329 e. The van der Waals surface area contributed by atoms with E-state index in [1.165, 1.54) is 22.2 Å². The Labute approximate surface area is 127 Å². The molecule has 0 radical (unpaired) electrons. The third kappa shape index (κ3) is 3.15. The van der Waals surface area contributed by atoms with Gasteiger partial charge in [0.2, 0.25) is 0 Å². The van der Waals surface area contributed by atoms with Crippen molar-refractivity contribution in [2.45, 2.75) is 52.7 Å². The van der Waals surface area contributed by atoms with E-state index in [-0.39, 0.29) is 11.7 Å².